The van der Waals surface area contributed by atoms with E-state index in [-0.39, 0.29) is 12.0 Å². The van der Waals surface area contributed by atoms with Crippen LogP contribution in [0.5, 0.6) is 0 Å². The number of rotatable bonds is 6. The molecule has 0 aliphatic heterocycles. The molecule has 0 saturated carbocycles. The Morgan fingerprint density at radius 1 is 1.59 bits per heavy atom. The zero-order chi connectivity index (χ0) is 12.8. The van der Waals surface area contributed by atoms with Crippen LogP contribution >= 0.6 is 11.3 Å². The summed E-state index contributed by atoms with van der Waals surface area (Å²) in [5, 5.41) is 5.94. The predicted molar refractivity (Wildman–Crippen MR) is 70.4 cm³/mol. The minimum atomic E-state index is -0.309. The molecule has 0 bridgehead atoms. The van der Waals surface area contributed by atoms with E-state index in [4.69, 9.17) is 4.74 Å². The fraction of sp³-hybridized carbons (Fsp3) is 0.667. The van der Waals surface area contributed by atoms with Crippen LogP contribution in [-0.2, 0) is 16.0 Å². The normalized spacial score (nSPS) is 12.5. The topological polar surface area (TPSA) is 51.2 Å². The summed E-state index contributed by atoms with van der Waals surface area (Å²) >= 11 is 1.53. The Morgan fingerprint density at radius 3 is 2.76 bits per heavy atom. The summed E-state index contributed by atoms with van der Waals surface area (Å²) in [5.41, 5.74) is 1.05. The lowest BCUT2D eigenvalue weighted by Gasteiger charge is -2.17. The van der Waals surface area contributed by atoms with Crippen molar-refractivity contribution in [1.82, 2.24) is 4.98 Å². The van der Waals surface area contributed by atoms with Crippen LogP contribution in [0.3, 0.4) is 0 Å². The maximum Gasteiger partial charge on any atom is 0.328 e. The maximum absolute atomic E-state index is 11.6. The highest BCUT2D eigenvalue weighted by molar-refractivity contribution is 7.13. The number of carbonyl (C=O) groups is 1. The highest BCUT2D eigenvalue weighted by atomic mass is 32.1. The van der Waals surface area contributed by atoms with Crippen molar-refractivity contribution in [3.63, 3.8) is 0 Å². The van der Waals surface area contributed by atoms with E-state index in [1.165, 1.54) is 18.4 Å². The third kappa shape index (κ3) is 4.34. The van der Waals surface area contributed by atoms with E-state index in [1.54, 1.807) is 0 Å². The van der Waals surface area contributed by atoms with Gasteiger partial charge in [-0.05, 0) is 18.8 Å². The van der Waals surface area contributed by atoms with Gasteiger partial charge in [-0.3, -0.25) is 0 Å². The van der Waals surface area contributed by atoms with E-state index in [1.807, 2.05) is 5.38 Å². The molecule has 0 spiro atoms. The molecule has 1 atom stereocenters. The number of anilines is 1. The van der Waals surface area contributed by atoms with E-state index in [9.17, 15) is 4.79 Å². The molecule has 1 unspecified atom stereocenters. The molecule has 17 heavy (non-hydrogen) atoms. The lowest BCUT2D eigenvalue weighted by Crippen LogP contribution is -2.32. The smallest absolute Gasteiger partial charge is 0.328 e. The molecule has 5 heteroatoms. The number of aromatic nitrogens is 1. The van der Waals surface area contributed by atoms with Crippen molar-refractivity contribution in [1.29, 1.82) is 0 Å². The summed E-state index contributed by atoms with van der Waals surface area (Å²) < 4.78 is 4.79. The highest BCUT2D eigenvalue weighted by Gasteiger charge is 2.21. The zero-order valence-electron chi connectivity index (χ0n) is 10.8. The second kappa shape index (κ2) is 6.59. The zero-order valence-corrected chi connectivity index (χ0v) is 11.6. The number of hydrogen-bond acceptors (Lipinski definition) is 5. The number of methoxy groups -OCH3 is 1. The van der Waals surface area contributed by atoms with Gasteiger partial charge < -0.3 is 10.1 Å². The lowest BCUT2D eigenvalue weighted by atomic mass is 10.0. The van der Waals surface area contributed by atoms with Crippen LogP contribution in [-0.4, -0.2) is 24.1 Å². The Bertz CT molecular complexity index is 363. The van der Waals surface area contributed by atoms with Gasteiger partial charge in [-0.15, -0.1) is 11.3 Å². The van der Waals surface area contributed by atoms with E-state index >= 15 is 0 Å². The average molecular weight is 256 g/mol. The standard InChI is InChI=1S/C12H20N2O2S/c1-5-9-7-17-12(13-9)14-10(6-8(2)3)11(15)16-4/h7-8,10H,5-6H2,1-4H3,(H,13,14). The van der Waals surface area contributed by atoms with Crippen LogP contribution in [0.4, 0.5) is 5.13 Å². The maximum atomic E-state index is 11.6. The van der Waals surface area contributed by atoms with Gasteiger partial charge in [0.25, 0.3) is 0 Å². The summed E-state index contributed by atoms with van der Waals surface area (Å²) in [7, 11) is 1.41. The van der Waals surface area contributed by atoms with Crippen molar-refractivity contribution >= 4 is 22.4 Å². The molecular weight excluding hydrogens is 236 g/mol. The first kappa shape index (κ1) is 14.0. The van der Waals surface area contributed by atoms with E-state index < -0.39 is 0 Å². The largest absolute Gasteiger partial charge is 0.467 e. The molecule has 0 amide bonds. The van der Waals surface area contributed by atoms with Gasteiger partial charge in [-0.1, -0.05) is 20.8 Å². The molecular formula is C12H20N2O2S. The van der Waals surface area contributed by atoms with Gasteiger partial charge in [0.15, 0.2) is 5.13 Å². The quantitative estimate of drug-likeness (QED) is 0.795. The third-order valence-electron chi connectivity index (χ3n) is 2.40. The van der Waals surface area contributed by atoms with Crippen molar-refractivity contribution in [3.05, 3.63) is 11.1 Å². The number of carbonyl (C=O) groups excluding carboxylic acids is 1. The SMILES string of the molecule is CCc1csc(NC(CC(C)C)C(=O)OC)n1. The first-order valence-corrected chi connectivity index (χ1v) is 6.73. The summed E-state index contributed by atoms with van der Waals surface area (Å²) in [6.07, 6.45) is 1.65. The van der Waals surface area contributed by atoms with Crippen LogP contribution < -0.4 is 5.32 Å². The Hall–Kier alpha value is -1.10. The number of nitrogens with one attached hydrogen (secondary N) is 1. The number of hydrogen-bond donors (Lipinski definition) is 1. The number of ether oxygens (including phenoxy) is 1. The van der Waals surface area contributed by atoms with Crippen molar-refractivity contribution in [2.75, 3.05) is 12.4 Å². The first-order valence-electron chi connectivity index (χ1n) is 5.85. The van der Waals surface area contributed by atoms with Crippen molar-refractivity contribution in [3.8, 4) is 0 Å². The van der Waals surface area contributed by atoms with Gasteiger partial charge in [-0.25, -0.2) is 9.78 Å². The van der Waals surface area contributed by atoms with Crippen molar-refractivity contribution in [2.45, 2.75) is 39.7 Å². The molecule has 1 N–H and O–H groups in total. The molecule has 1 aromatic rings. The minimum absolute atomic E-state index is 0.230. The second-order valence-electron chi connectivity index (χ2n) is 4.35. The average Bonchev–Trinajstić information content (AvgIpc) is 2.74. The van der Waals surface area contributed by atoms with Gasteiger partial charge in [0.05, 0.1) is 12.8 Å². The Kier molecular flexibility index (Phi) is 5.41. The third-order valence-corrected chi connectivity index (χ3v) is 3.23. The summed E-state index contributed by atoms with van der Waals surface area (Å²) in [4.78, 5) is 16.0. The molecule has 1 aromatic heterocycles. The molecule has 0 aliphatic rings. The molecule has 4 nitrogen and oxygen atoms in total. The monoisotopic (exact) mass is 256 g/mol. The summed E-state index contributed by atoms with van der Waals surface area (Å²) in [6.45, 7) is 6.22. The molecule has 0 aliphatic carbocycles. The van der Waals surface area contributed by atoms with Gasteiger partial charge >= 0.3 is 5.97 Å². The number of aryl methyl sites for hydroxylation is 1. The van der Waals surface area contributed by atoms with Crippen LogP contribution in [0.25, 0.3) is 0 Å². The Balaban J connectivity index is 2.67. The predicted octanol–water partition coefficient (Wildman–Crippen LogP) is 2.71. The van der Waals surface area contributed by atoms with Crippen LogP contribution in [0.1, 0.15) is 32.9 Å². The van der Waals surface area contributed by atoms with Gasteiger partial charge in [0.1, 0.15) is 6.04 Å². The summed E-state index contributed by atoms with van der Waals surface area (Å²) in [5.74, 6) is 0.198. The van der Waals surface area contributed by atoms with Gasteiger partial charge in [-0.2, -0.15) is 0 Å². The van der Waals surface area contributed by atoms with E-state index in [0.29, 0.717) is 5.92 Å². The van der Waals surface area contributed by atoms with Gasteiger partial charge in [0.2, 0.25) is 0 Å². The van der Waals surface area contributed by atoms with Gasteiger partial charge in [0, 0.05) is 5.38 Å². The number of thiazole rings is 1. The van der Waals surface area contributed by atoms with Crippen molar-refractivity contribution in [2.24, 2.45) is 5.92 Å². The minimum Gasteiger partial charge on any atom is -0.467 e. The molecule has 0 saturated heterocycles. The van der Waals surface area contributed by atoms with Crippen molar-refractivity contribution < 1.29 is 9.53 Å². The fourth-order valence-electron chi connectivity index (χ4n) is 1.51. The fourth-order valence-corrected chi connectivity index (χ4v) is 2.36. The molecule has 0 aromatic carbocycles. The Morgan fingerprint density at radius 2 is 2.29 bits per heavy atom. The molecule has 0 radical (unpaired) electrons. The van der Waals surface area contributed by atoms with E-state index in [0.717, 1.165) is 23.7 Å². The number of nitrogens with zero attached hydrogens (tertiary/aromatic N) is 1. The van der Waals surface area contributed by atoms with E-state index in [2.05, 4.69) is 31.1 Å². The Labute approximate surface area is 106 Å². The van der Waals surface area contributed by atoms with Crippen LogP contribution in [0.2, 0.25) is 0 Å². The number of esters is 1. The van der Waals surface area contributed by atoms with Crippen LogP contribution in [0.15, 0.2) is 5.38 Å². The molecule has 96 valence electrons. The molecule has 1 rings (SSSR count). The summed E-state index contributed by atoms with van der Waals surface area (Å²) in [6, 6.07) is -0.309. The molecule has 1 heterocycles. The first-order chi connectivity index (χ1) is 8.06. The highest BCUT2D eigenvalue weighted by Crippen LogP contribution is 2.19. The molecule has 0 fully saturated rings. The second-order valence-corrected chi connectivity index (χ2v) is 5.21. The van der Waals surface area contributed by atoms with Crippen LogP contribution in [0, 0.1) is 5.92 Å². The lowest BCUT2D eigenvalue weighted by molar-refractivity contribution is -0.141.